The molecule has 3 N–H and O–H groups in total. The van der Waals surface area contributed by atoms with Gasteiger partial charge in [-0.25, -0.2) is 4.79 Å². The van der Waals surface area contributed by atoms with E-state index in [9.17, 15) is 9.59 Å². The van der Waals surface area contributed by atoms with E-state index in [-0.39, 0.29) is 17.7 Å². The van der Waals surface area contributed by atoms with Crippen molar-refractivity contribution in [2.45, 2.75) is 4.90 Å². The van der Waals surface area contributed by atoms with Crippen molar-refractivity contribution in [1.29, 1.82) is 0 Å². The molecule has 0 unspecified atom stereocenters. The summed E-state index contributed by atoms with van der Waals surface area (Å²) < 4.78 is 10.4. The molecule has 7 nitrogen and oxygen atoms in total. The first-order valence-electron chi connectivity index (χ1n) is 9.56. The smallest absolute Gasteiger partial charge is 0.323 e. The lowest BCUT2D eigenvalue weighted by molar-refractivity contribution is -0.113. The number of thioether (sulfide) groups is 1. The number of hydrogen-bond donors (Lipinski definition) is 3. The van der Waals surface area contributed by atoms with Crippen molar-refractivity contribution in [3.8, 4) is 11.5 Å². The largest absolute Gasteiger partial charge is 0.495 e. The van der Waals surface area contributed by atoms with Crippen molar-refractivity contribution >= 4 is 52.4 Å². The fourth-order valence-corrected chi connectivity index (χ4v) is 3.68. The fourth-order valence-electron chi connectivity index (χ4n) is 2.74. The molecule has 0 atom stereocenters. The highest BCUT2D eigenvalue weighted by Gasteiger charge is 2.13. The van der Waals surface area contributed by atoms with Gasteiger partial charge in [0.1, 0.15) is 11.5 Å². The highest BCUT2D eigenvalue weighted by Crippen LogP contribution is 2.36. The van der Waals surface area contributed by atoms with E-state index in [4.69, 9.17) is 21.1 Å². The van der Waals surface area contributed by atoms with Crippen molar-refractivity contribution in [2.75, 3.05) is 35.9 Å². The number of halogens is 1. The maximum atomic E-state index is 12.4. The number of hydrogen-bond acceptors (Lipinski definition) is 5. The molecular weight excluding hydrogens is 450 g/mol. The molecule has 0 aliphatic carbocycles. The molecule has 3 amide bonds. The monoisotopic (exact) mass is 471 g/mol. The average molecular weight is 472 g/mol. The van der Waals surface area contributed by atoms with Crippen LogP contribution < -0.4 is 25.4 Å². The Morgan fingerprint density at radius 3 is 2.09 bits per heavy atom. The Hall–Kier alpha value is -3.36. The molecule has 0 radical (unpaired) electrons. The molecule has 166 valence electrons. The molecule has 3 aromatic rings. The maximum absolute atomic E-state index is 12.4. The Bertz CT molecular complexity index is 1080. The van der Waals surface area contributed by atoms with Gasteiger partial charge in [0.25, 0.3) is 0 Å². The van der Waals surface area contributed by atoms with Crippen molar-refractivity contribution < 1.29 is 19.1 Å². The predicted molar refractivity (Wildman–Crippen MR) is 129 cm³/mol. The molecule has 3 aromatic carbocycles. The van der Waals surface area contributed by atoms with E-state index < -0.39 is 0 Å². The van der Waals surface area contributed by atoms with Crippen molar-refractivity contribution in [1.82, 2.24) is 0 Å². The number of amides is 3. The van der Waals surface area contributed by atoms with E-state index in [1.165, 1.54) is 26.0 Å². The maximum Gasteiger partial charge on any atom is 0.323 e. The van der Waals surface area contributed by atoms with Crippen LogP contribution in [0, 0.1) is 0 Å². The topological polar surface area (TPSA) is 88.7 Å². The quantitative estimate of drug-likeness (QED) is 0.365. The van der Waals surface area contributed by atoms with E-state index >= 15 is 0 Å². The summed E-state index contributed by atoms with van der Waals surface area (Å²) in [7, 11) is 3.01. The molecule has 32 heavy (non-hydrogen) atoms. The van der Waals surface area contributed by atoms with E-state index in [0.29, 0.717) is 33.6 Å². The third kappa shape index (κ3) is 6.57. The molecule has 0 saturated carbocycles. The van der Waals surface area contributed by atoms with Gasteiger partial charge in [0, 0.05) is 22.3 Å². The Balaban J connectivity index is 1.51. The van der Waals surface area contributed by atoms with Gasteiger partial charge in [-0.2, -0.15) is 0 Å². The van der Waals surface area contributed by atoms with Gasteiger partial charge in [-0.1, -0.05) is 29.8 Å². The summed E-state index contributed by atoms with van der Waals surface area (Å²) in [5.41, 5.74) is 1.82. The third-order valence-electron chi connectivity index (χ3n) is 4.26. The molecule has 3 rings (SSSR count). The lowest BCUT2D eigenvalue weighted by Crippen LogP contribution is -2.19. The van der Waals surface area contributed by atoms with Gasteiger partial charge in [0.05, 0.1) is 30.7 Å². The zero-order valence-corrected chi connectivity index (χ0v) is 19.0. The second-order valence-corrected chi connectivity index (χ2v) is 7.95. The highest BCUT2D eigenvalue weighted by molar-refractivity contribution is 8.00. The number of ether oxygens (including phenoxy) is 2. The van der Waals surface area contributed by atoms with E-state index in [1.54, 1.807) is 36.4 Å². The number of benzene rings is 3. The summed E-state index contributed by atoms with van der Waals surface area (Å²) in [6, 6.07) is 19.3. The highest BCUT2D eigenvalue weighted by atomic mass is 35.5. The number of carbonyl (C=O) groups excluding carboxylic acids is 2. The third-order valence-corrected chi connectivity index (χ3v) is 5.57. The molecule has 0 fully saturated rings. The number of para-hydroxylation sites is 1. The number of rotatable bonds is 8. The van der Waals surface area contributed by atoms with Crippen LogP contribution in [-0.4, -0.2) is 31.9 Å². The predicted octanol–water partition coefficient (Wildman–Crippen LogP) is 5.73. The standard InChI is InChI=1S/C23H22ClN3O4S/c1-30-20-13-21(31-2)19(12-18(20)24)27-22(28)14-32-17-10-8-16(9-11-17)26-23(29)25-15-6-4-3-5-7-15/h3-13H,14H2,1-2H3,(H,27,28)(H2,25,26,29). The molecule has 0 spiro atoms. The number of anilines is 3. The van der Waals surface area contributed by atoms with Gasteiger partial charge in [-0.15, -0.1) is 11.8 Å². The molecule has 9 heteroatoms. The van der Waals surface area contributed by atoms with Gasteiger partial charge < -0.3 is 25.4 Å². The molecular formula is C23H22ClN3O4S. The normalized spacial score (nSPS) is 10.2. The summed E-state index contributed by atoms with van der Waals surface area (Å²) in [4.78, 5) is 25.3. The first-order valence-corrected chi connectivity index (χ1v) is 10.9. The lowest BCUT2D eigenvalue weighted by Gasteiger charge is -2.13. The fraction of sp³-hybridized carbons (Fsp3) is 0.130. The lowest BCUT2D eigenvalue weighted by atomic mass is 10.2. The molecule has 0 bridgehead atoms. The van der Waals surface area contributed by atoms with Crippen LogP contribution in [0.2, 0.25) is 5.02 Å². The number of carbonyl (C=O) groups is 2. The second kappa shape index (κ2) is 11.3. The Morgan fingerprint density at radius 1 is 0.844 bits per heavy atom. The molecule has 0 saturated heterocycles. The van der Waals surface area contributed by atoms with Gasteiger partial charge in [0.2, 0.25) is 5.91 Å². The molecule has 0 heterocycles. The molecule has 0 aromatic heterocycles. The summed E-state index contributed by atoms with van der Waals surface area (Å²) in [5, 5.41) is 8.69. The molecule has 0 aliphatic heterocycles. The van der Waals surface area contributed by atoms with E-state index in [0.717, 1.165) is 4.90 Å². The van der Waals surface area contributed by atoms with E-state index in [1.807, 2.05) is 30.3 Å². The number of methoxy groups -OCH3 is 2. The summed E-state index contributed by atoms with van der Waals surface area (Å²) in [5.74, 6) is 0.892. The van der Waals surface area contributed by atoms with Gasteiger partial charge in [-0.3, -0.25) is 4.79 Å². The summed E-state index contributed by atoms with van der Waals surface area (Å²) >= 11 is 7.50. The number of urea groups is 1. The first-order chi connectivity index (χ1) is 15.5. The minimum absolute atomic E-state index is 0.189. The van der Waals surface area contributed by atoms with Crippen LogP contribution >= 0.6 is 23.4 Å². The summed E-state index contributed by atoms with van der Waals surface area (Å²) in [6.45, 7) is 0. The second-order valence-electron chi connectivity index (χ2n) is 6.49. The van der Waals surface area contributed by atoms with Crippen LogP contribution in [0.25, 0.3) is 0 Å². The SMILES string of the molecule is COc1cc(OC)c(NC(=O)CSc2ccc(NC(=O)Nc3ccccc3)cc2)cc1Cl. The van der Waals surface area contributed by atoms with Crippen LogP contribution in [0.1, 0.15) is 0 Å². The average Bonchev–Trinajstić information content (AvgIpc) is 2.79. The minimum atomic E-state index is -0.330. The van der Waals surface area contributed by atoms with Crippen LogP contribution in [0.15, 0.2) is 71.6 Å². The Labute approximate surface area is 195 Å². The van der Waals surface area contributed by atoms with Gasteiger partial charge >= 0.3 is 6.03 Å². The molecule has 0 aliphatic rings. The van der Waals surface area contributed by atoms with E-state index in [2.05, 4.69) is 16.0 Å². The Kier molecular flexibility index (Phi) is 8.24. The van der Waals surface area contributed by atoms with Crippen molar-refractivity contribution in [3.05, 3.63) is 71.8 Å². The van der Waals surface area contributed by atoms with Crippen molar-refractivity contribution in [2.24, 2.45) is 0 Å². The van der Waals surface area contributed by atoms with Crippen LogP contribution in [0.4, 0.5) is 21.9 Å². The van der Waals surface area contributed by atoms with Gasteiger partial charge in [-0.05, 0) is 42.5 Å². The van der Waals surface area contributed by atoms with Gasteiger partial charge in [0.15, 0.2) is 0 Å². The Morgan fingerprint density at radius 2 is 1.47 bits per heavy atom. The van der Waals surface area contributed by atoms with Crippen LogP contribution in [0.5, 0.6) is 11.5 Å². The summed E-state index contributed by atoms with van der Waals surface area (Å²) in [6.07, 6.45) is 0. The zero-order valence-electron chi connectivity index (χ0n) is 17.5. The minimum Gasteiger partial charge on any atom is -0.495 e. The van der Waals surface area contributed by atoms with Crippen LogP contribution in [-0.2, 0) is 4.79 Å². The zero-order chi connectivity index (χ0) is 22.9. The first kappa shape index (κ1) is 23.3. The number of nitrogens with one attached hydrogen (secondary N) is 3. The van der Waals surface area contributed by atoms with Crippen LogP contribution in [0.3, 0.4) is 0 Å². The van der Waals surface area contributed by atoms with Crippen molar-refractivity contribution in [3.63, 3.8) is 0 Å².